The van der Waals surface area contributed by atoms with E-state index >= 15 is 0 Å². The lowest BCUT2D eigenvalue weighted by Gasteiger charge is -2.43. The molecule has 0 aromatic rings. The number of aliphatic hydroxyl groups excluding tert-OH is 1. The summed E-state index contributed by atoms with van der Waals surface area (Å²) in [6.45, 7) is -1.40. The Balaban J connectivity index is 2.78. The summed E-state index contributed by atoms with van der Waals surface area (Å²) in [6.07, 6.45) is 0. The van der Waals surface area contributed by atoms with Crippen LogP contribution < -0.4 is 0 Å². The Morgan fingerprint density at radius 2 is 1.91 bits per heavy atom. The summed E-state index contributed by atoms with van der Waals surface area (Å²) in [5.41, 5.74) is -1.33. The molecule has 23 heavy (non-hydrogen) atoms. The van der Waals surface area contributed by atoms with Crippen LogP contribution in [-0.4, -0.2) is 63.4 Å². The summed E-state index contributed by atoms with van der Waals surface area (Å²) in [7, 11) is 0.954. The highest BCUT2D eigenvalue weighted by molar-refractivity contribution is 6.67. The third-order valence-corrected chi connectivity index (χ3v) is 3.75. The fourth-order valence-corrected chi connectivity index (χ4v) is 2.47. The number of hydrogen-bond acceptors (Lipinski definition) is 7. The first-order valence-corrected chi connectivity index (χ1v) is 7.55. The molecule has 8 nitrogen and oxygen atoms in total. The molecule has 1 saturated heterocycles. The lowest BCUT2D eigenvalue weighted by Crippen LogP contribution is -2.65. The van der Waals surface area contributed by atoms with E-state index in [0.29, 0.717) is 4.90 Å². The minimum Gasteiger partial charge on any atom is -0.462 e. The zero-order chi connectivity index (χ0) is 17.9. The summed E-state index contributed by atoms with van der Waals surface area (Å²) in [4.78, 5) is 46.9. The van der Waals surface area contributed by atoms with E-state index in [1.807, 2.05) is 0 Å². The van der Waals surface area contributed by atoms with Crippen LogP contribution in [0.1, 0.15) is 0 Å². The standard InChI is InChI=1S/C11H11Cl4NO7/c1-22-10(21)8(19)16-6(12)5(7(16)18)4(2-17)9(20)23-3-11(13,14)15/h4-6,17H,2-3H2,1H3. The molecule has 1 N–H and O–H groups in total. The number of esters is 2. The number of likely N-dealkylation sites (tertiary alicyclic amines) is 1. The summed E-state index contributed by atoms with van der Waals surface area (Å²) in [5, 5.41) is 9.27. The molecule has 130 valence electrons. The predicted molar refractivity (Wildman–Crippen MR) is 78.8 cm³/mol. The van der Waals surface area contributed by atoms with E-state index in [4.69, 9.17) is 46.4 Å². The van der Waals surface area contributed by atoms with E-state index in [2.05, 4.69) is 9.47 Å². The van der Waals surface area contributed by atoms with Crippen LogP contribution in [0.3, 0.4) is 0 Å². The number of carbonyl (C=O) groups is 4. The maximum absolute atomic E-state index is 12.0. The number of amides is 2. The van der Waals surface area contributed by atoms with Crippen molar-refractivity contribution in [2.45, 2.75) is 9.29 Å². The molecule has 1 aliphatic heterocycles. The highest BCUT2D eigenvalue weighted by Crippen LogP contribution is 2.37. The smallest absolute Gasteiger partial charge is 0.397 e. The van der Waals surface area contributed by atoms with Gasteiger partial charge in [0, 0.05) is 0 Å². The number of rotatable bonds is 4. The molecule has 1 rings (SSSR count). The Morgan fingerprint density at radius 1 is 1.35 bits per heavy atom. The van der Waals surface area contributed by atoms with Crippen LogP contribution in [0.5, 0.6) is 0 Å². The van der Waals surface area contributed by atoms with Crippen molar-refractivity contribution in [1.82, 2.24) is 4.90 Å². The molecule has 2 amide bonds. The summed E-state index contributed by atoms with van der Waals surface area (Å²) >= 11 is 22.1. The highest BCUT2D eigenvalue weighted by Gasteiger charge is 2.57. The second-order valence-electron chi connectivity index (χ2n) is 4.42. The Kier molecular flexibility index (Phi) is 6.91. The Bertz CT molecular complexity index is 521. The number of carbonyl (C=O) groups excluding carboxylic acids is 4. The van der Waals surface area contributed by atoms with Gasteiger partial charge in [-0.1, -0.05) is 46.4 Å². The Morgan fingerprint density at radius 3 is 2.30 bits per heavy atom. The summed E-state index contributed by atoms with van der Waals surface area (Å²) in [6, 6.07) is 0. The molecular weight excluding hydrogens is 400 g/mol. The van der Waals surface area contributed by atoms with Gasteiger partial charge in [0.2, 0.25) is 9.70 Å². The van der Waals surface area contributed by atoms with Crippen molar-refractivity contribution in [1.29, 1.82) is 0 Å². The van der Waals surface area contributed by atoms with Gasteiger partial charge in [-0.3, -0.25) is 19.3 Å². The van der Waals surface area contributed by atoms with Gasteiger partial charge in [-0.15, -0.1) is 0 Å². The monoisotopic (exact) mass is 409 g/mol. The number of β-lactam (4-membered cyclic amide) rings is 1. The van der Waals surface area contributed by atoms with E-state index in [1.54, 1.807) is 0 Å². The highest BCUT2D eigenvalue weighted by atomic mass is 35.6. The normalized spacial score (nSPS) is 22.2. The molecule has 0 spiro atoms. The fourth-order valence-electron chi connectivity index (χ4n) is 1.83. The van der Waals surface area contributed by atoms with Crippen molar-refractivity contribution >= 4 is 70.2 Å². The quantitative estimate of drug-likeness (QED) is 0.232. The van der Waals surface area contributed by atoms with Gasteiger partial charge in [0.15, 0.2) is 0 Å². The molecular formula is C11H11Cl4NO7. The third-order valence-electron chi connectivity index (χ3n) is 2.96. The van der Waals surface area contributed by atoms with E-state index in [9.17, 15) is 24.3 Å². The van der Waals surface area contributed by atoms with Crippen molar-refractivity contribution < 1.29 is 33.8 Å². The van der Waals surface area contributed by atoms with Crippen molar-refractivity contribution in [3.63, 3.8) is 0 Å². The van der Waals surface area contributed by atoms with Gasteiger partial charge in [-0.2, -0.15) is 0 Å². The number of halogens is 4. The Labute approximate surface area is 150 Å². The lowest BCUT2D eigenvalue weighted by molar-refractivity contribution is -0.178. The van der Waals surface area contributed by atoms with Crippen LogP contribution in [0.2, 0.25) is 0 Å². The maximum Gasteiger partial charge on any atom is 0.397 e. The Hall–Kier alpha value is -0.800. The SMILES string of the molecule is COC(=O)C(=O)N1C(=O)C(C(CO)C(=O)OCC(Cl)(Cl)Cl)C1Cl. The van der Waals surface area contributed by atoms with Crippen molar-refractivity contribution in [2.75, 3.05) is 20.3 Å². The second-order valence-corrected chi connectivity index (χ2v) is 7.38. The molecule has 0 aromatic carbocycles. The van der Waals surface area contributed by atoms with E-state index in [1.165, 1.54) is 0 Å². The topological polar surface area (TPSA) is 110 Å². The van der Waals surface area contributed by atoms with Crippen LogP contribution >= 0.6 is 46.4 Å². The van der Waals surface area contributed by atoms with Crippen molar-refractivity contribution in [3.05, 3.63) is 0 Å². The van der Waals surface area contributed by atoms with E-state index in [0.717, 1.165) is 7.11 Å². The molecule has 0 saturated carbocycles. The molecule has 3 atom stereocenters. The number of alkyl halides is 4. The number of aliphatic hydroxyl groups is 1. The number of nitrogens with zero attached hydrogens (tertiary/aromatic N) is 1. The molecule has 0 radical (unpaired) electrons. The second kappa shape index (κ2) is 7.85. The van der Waals surface area contributed by atoms with E-state index in [-0.39, 0.29) is 0 Å². The largest absolute Gasteiger partial charge is 0.462 e. The summed E-state index contributed by atoms with van der Waals surface area (Å²) < 4.78 is 6.99. The number of imide groups is 1. The first-order valence-electron chi connectivity index (χ1n) is 5.98. The molecule has 1 heterocycles. The van der Waals surface area contributed by atoms with Gasteiger partial charge in [0.25, 0.3) is 0 Å². The zero-order valence-electron chi connectivity index (χ0n) is 11.5. The molecule has 0 aliphatic carbocycles. The van der Waals surface area contributed by atoms with Crippen LogP contribution in [-0.2, 0) is 28.7 Å². The van der Waals surface area contributed by atoms with Gasteiger partial charge in [-0.05, 0) is 0 Å². The first kappa shape index (κ1) is 20.2. The molecule has 1 aliphatic rings. The zero-order valence-corrected chi connectivity index (χ0v) is 14.5. The fraction of sp³-hybridized carbons (Fsp3) is 0.636. The number of ether oxygens (including phenoxy) is 2. The average Bonchev–Trinajstić information content (AvgIpc) is 2.48. The minimum absolute atomic E-state index is 0.420. The van der Waals surface area contributed by atoms with Crippen LogP contribution in [0, 0.1) is 11.8 Å². The third kappa shape index (κ3) is 4.60. The van der Waals surface area contributed by atoms with Crippen molar-refractivity contribution in [2.24, 2.45) is 11.8 Å². The molecule has 12 heteroatoms. The number of methoxy groups -OCH3 is 1. The van der Waals surface area contributed by atoms with Gasteiger partial charge in [0.05, 0.1) is 25.6 Å². The van der Waals surface area contributed by atoms with Gasteiger partial charge >= 0.3 is 17.8 Å². The van der Waals surface area contributed by atoms with Crippen LogP contribution in [0.25, 0.3) is 0 Å². The molecule has 0 bridgehead atoms. The molecule has 3 unspecified atom stereocenters. The van der Waals surface area contributed by atoms with Crippen LogP contribution in [0.15, 0.2) is 0 Å². The van der Waals surface area contributed by atoms with Crippen LogP contribution in [0.4, 0.5) is 0 Å². The number of hydrogen-bond donors (Lipinski definition) is 1. The average molecular weight is 411 g/mol. The molecule has 1 fully saturated rings. The predicted octanol–water partition coefficient (Wildman–Crippen LogP) is 0.231. The minimum atomic E-state index is -1.87. The van der Waals surface area contributed by atoms with Gasteiger partial charge < -0.3 is 14.6 Å². The van der Waals surface area contributed by atoms with Gasteiger partial charge in [-0.25, -0.2) is 4.79 Å². The van der Waals surface area contributed by atoms with Gasteiger partial charge in [0.1, 0.15) is 12.1 Å². The van der Waals surface area contributed by atoms with Crippen molar-refractivity contribution in [3.8, 4) is 0 Å². The molecule has 0 aromatic heterocycles. The maximum atomic E-state index is 12.0. The first-order chi connectivity index (χ1) is 10.5. The lowest BCUT2D eigenvalue weighted by atomic mass is 9.84. The van der Waals surface area contributed by atoms with E-state index < -0.39 is 58.1 Å². The summed E-state index contributed by atoms with van der Waals surface area (Å²) in [5.74, 6) is -7.17.